The number of rotatable bonds is 8. The fourth-order valence-corrected chi connectivity index (χ4v) is 3.27. The predicted molar refractivity (Wildman–Crippen MR) is 134 cm³/mol. The van der Waals surface area contributed by atoms with Crippen LogP contribution in [-0.4, -0.2) is 40.5 Å². The Balaban J connectivity index is 1.55. The lowest BCUT2D eigenvalue weighted by Gasteiger charge is -2.13. The highest BCUT2D eigenvalue weighted by Gasteiger charge is 2.11. The van der Waals surface area contributed by atoms with Crippen LogP contribution in [0.25, 0.3) is 11.4 Å². The molecule has 0 saturated heterocycles. The molecule has 0 unspecified atom stereocenters. The second kappa shape index (κ2) is 10.7. The number of benzene rings is 3. The van der Waals surface area contributed by atoms with E-state index in [1.54, 1.807) is 6.21 Å². The second-order valence-electron chi connectivity index (χ2n) is 7.60. The minimum atomic E-state index is 0.506. The average molecular weight is 458 g/mol. The molecule has 0 aliphatic carbocycles. The van der Waals surface area contributed by atoms with Gasteiger partial charge in [-0.2, -0.15) is 5.10 Å². The Labute approximate surface area is 198 Å². The van der Waals surface area contributed by atoms with Crippen molar-refractivity contribution in [2.24, 2.45) is 5.10 Å². The number of nitrogens with one attached hydrogen (secondary N) is 2. The van der Waals surface area contributed by atoms with E-state index in [1.165, 1.54) is 0 Å². The van der Waals surface area contributed by atoms with Crippen LogP contribution in [0.2, 0.25) is 5.02 Å². The first-order valence-corrected chi connectivity index (χ1v) is 10.8. The number of hydrogen-bond acceptors (Lipinski definition) is 7. The Morgan fingerprint density at radius 2 is 1.64 bits per heavy atom. The van der Waals surface area contributed by atoms with E-state index in [9.17, 15) is 0 Å². The molecule has 0 saturated carbocycles. The third-order valence-corrected chi connectivity index (χ3v) is 4.98. The third kappa shape index (κ3) is 6.35. The van der Waals surface area contributed by atoms with Crippen LogP contribution in [0, 0.1) is 0 Å². The van der Waals surface area contributed by atoms with Crippen LogP contribution in [0.4, 0.5) is 11.5 Å². The van der Waals surface area contributed by atoms with E-state index >= 15 is 0 Å². The molecule has 7 nitrogen and oxygen atoms in total. The van der Waals surface area contributed by atoms with Crippen molar-refractivity contribution in [2.75, 3.05) is 24.9 Å². The quantitative estimate of drug-likeness (QED) is 0.282. The molecule has 0 atom stereocenters. The number of hydrazone groups is 1. The van der Waals surface area contributed by atoms with Crippen molar-refractivity contribution >= 4 is 29.3 Å². The molecule has 3 aromatic carbocycles. The zero-order chi connectivity index (χ0) is 23.0. The van der Waals surface area contributed by atoms with Gasteiger partial charge in [-0.1, -0.05) is 66.2 Å². The van der Waals surface area contributed by atoms with E-state index in [-0.39, 0.29) is 0 Å². The summed E-state index contributed by atoms with van der Waals surface area (Å²) in [4.78, 5) is 4.77. The number of nitrogens with zero attached hydrogens (tertiary/aromatic N) is 5. The maximum absolute atomic E-state index is 6.04. The van der Waals surface area contributed by atoms with E-state index < -0.39 is 0 Å². The number of aromatic nitrogens is 3. The average Bonchev–Trinajstić information content (AvgIpc) is 2.83. The molecule has 166 valence electrons. The molecule has 0 spiro atoms. The summed E-state index contributed by atoms with van der Waals surface area (Å²) < 4.78 is 0. The van der Waals surface area contributed by atoms with Gasteiger partial charge in [0.15, 0.2) is 11.6 Å². The van der Waals surface area contributed by atoms with E-state index in [0.717, 1.165) is 28.1 Å². The standard InChI is InChI=1S/C25H24ClN7/c1-33(2)32-22-14-10-19(11-15-22)17-27-29-25-23(16-18-8-12-21(26)13-9-18)28-24(30-31-25)20-6-4-3-5-7-20/h3-15,17,32H,16H2,1-2H3,(H,29,31)/b27-17+. The van der Waals surface area contributed by atoms with Gasteiger partial charge in [0.1, 0.15) is 0 Å². The first-order chi connectivity index (χ1) is 16.1. The summed E-state index contributed by atoms with van der Waals surface area (Å²) in [5.74, 6) is 1.07. The summed E-state index contributed by atoms with van der Waals surface area (Å²) in [5.41, 5.74) is 10.9. The summed E-state index contributed by atoms with van der Waals surface area (Å²) in [5, 5.41) is 15.6. The summed E-state index contributed by atoms with van der Waals surface area (Å²) in [6.07, 6.45) is 2.30. The SMILES string of the molecule is CN(C)Nc1ccc(/C=N/Nc2nnc(-c3ccccc3)nc2Cc2ccc(Cl)cc2)cc1. The molecule has 4 rings (SSSR count). The maximum Gasteiger partial charge on any atom is 0.191 e. The van der Waals surface area contributed by atoms with E-state index in [1.807, 2.05) is 98.0 Å². The lowest BCUT2D eigenvalue weighted by molar-refractivity contribution is 0.495. The van der Waals surface area contributed by atoms with Crippen molar-refractivity contribution in [3.63, 3.8) is 0 Å². The number of anilines is 2. The van der Waals surface area contributed by atoms with Gasteiger partial charge in [0.2, 0.25) is 0 Å². The van der Waals surface area contributed by atoms with Crippen molar-refractivity contribution in [1.82, 2.24) is 20.2 Å². The summed E-state index contributed by atoms with van der Waals surface area (Å²) in [7, 11) is 3.89. The van der Waals surface area contributed by atoms with Crippen molar-refractivity contribution in [3.8, 4) is 11.4 Å². The summed E-state index contributed by atoms with van der Waals surface area (Å²) >= 11 is 6.04. The van der Waals surface area contributed by atoms with Gasteiger partial charge < -0.3 is 5.43 Å². The van der Waals surface area contributed by atoms with Gasteiger partial charge in [-0.15, -0.1) is 10.2 Å². The van der Waals surface area contributed by atoms with Crippen molar-refractivity contribution in [2.45, 2.75) is 6.42 Å². The Morgan fingerprint density at radius 1 is 0.909 bits per heavy atom. The number of hydrazine groups is 1. The molecule has 0 aliphatic rings. The van der Waals surface area contributed by atoms with Crippen LogP contribution < -0.4 is 10.9 Å². The summed E-state index contributed by atoms with van der Waals surface area (Å²) in [6, 6.07) is 25.4. The number of halogens is 1. The molecule has 1 aromatic heterocycles. The lowest BCUT2D eigenvalue weighted by Crippen LogP contribution is -2.19. The molecule has 33 heavy (non-hydrogen) atoms. The Hall–Kier alpha value is -3.81. The highest BCUT2D eigenvalue weighted by molar-refractivity contribution is 6.30. The minimum absolute atomic E-state index is 0.506. The van der Waals surface area contributed by atoms with Crippen LogP contribution in [0.1, 0.15) is 16.8 Å². The van der Waals surface area contributed by atoms with Crippen molar-refractivity contribution in [3.05, 3.63) is 101 Å². The Bertz CT molecular complexity index is 1210. The molecule has 0 amide bonds. The van der Waals surface area contributed by atoms with E-state index in [4.69, 9.17) is 16.6 Å². The fraction of sp³-hybridized carbons (Fsp3) is 0.120. The zero-order valence-electron chi connectivity index (χ0n) is 18.4. The van der Waals surface area contributed by atoms with Crippen LogP contribution in [-0.2, 0) is 6.42 Å². The largest absolute Gasteiger partial charge is 0.319 e. The third-order valence-electron chi connectivity index (χ3n) is 4.72. The van der Waals surface area contributed by atoms with Gasteiger partial charge in [0, 0.05) is 36.8 Å². The molecular formula is C25H24ClN7. The monoisotopic (exact) mass is 457 g/mol. The van der Waals surface area contributed by atoms with Gasteiger partial charge in [0.05, 0.1) is 11.9 Å². The van der Waals surface area contributed by atoms with Crippen molar-refractivity contribution < 1.29 is 0 Å². The second-order valence-corrected chi connectivity index (χ2v) is 8.03. The molecule has 2 N–H and O–H groups in total. The lowest BCUT2D eigenvalue weighted by atomic mass is 10.1. The highest BCUT2D eigenvalue weighted by atomic mass is 35.5. The van der Waals surface area contributed by atoms with Gasteiger partial charge >= 0.3 is 0 Å². The molecule has 8 heteroatoms. The number of hydrogen-bond donors (Lipinski definition) is 2. The van der Waals surface area contributed by atoms with Gasteiger partial charge in [-0.3, -0.25) is 5.43 Å². The van der Waals surface area contributed by atoms with E-state index in [0.29, 0.717) is 23.1 Å². The first-order valence-electron chi connectivity index (χ1n) is 10.4. The molecule has 0 fully saturated rings. The molecular weight excluding hydrogens is 434 g/mol. The molecule has 0 bridgehead atoms. The predicted octanol–water partition coefficient (Wildman–Crippen LogP) is 5.12. The van der Waals surface area contributed by atoms with Crippen LogP contribution >= 0.6 is 11.6 Å². The summed E-state index contributed by atoms with van der Waals surface area (Å²) in [6.45, 7) is 0. The smallest absolute Gasteiger partial charge is 0.191 e. The van der Waals surface area contributed by atoms with E-state index in [2.05, 4.69) is 26.2 Å². The fourth-order valence-electron chi connectivity index (χ4n) is 3.14. The van der Waals surface area contributed by atoms with Crippen LogP contribution in [0.5, 0.6) is 0 Å². The van der Waals surface area contributed by atoms with Gasteiger partial charge in [-0.25, -0.2) is 9.99 Å². The normalized spacial score (nSPS) is 11.2. The topological polar surface area (TPSA) is 78.3 Å². The van der Waals surface area contributed by atoms with Crippen LogP contribution in [0.3, 0.4) is 0 Å². The highest BCUT2D eigenvalue weighted by Crippen LogP contribution is 2.20. The minimum Gasteiger partial charge on any atom is -0.319 e. The zero-order valence-corrected chi connectivity index (χ0v) is 19.2. The van der Waals surface area contributed by atoms with Crippen molar-refractivity contribution in [1.29, 1.82) is 0 Å². The Morgan fingerprint density at radius 3 is 2.33 bits per heavy atom. The molecule has 0 aliphatic heterocycles. The van der Waals surface area contributed by atoms with Crippen LogP contribution in [0.15, 0.2) is 84.0 Å². The molecule has 0 radical (unpaired) electrons. The van der Waals surface area contributed by atoms with Gasteiger partial charge in [-0.05, 0) is 35.4 Å². The molecule has 4 aromatic rings. The molecule has 1 heterocycles. The Kier molecular flexibility index (Phi) is 7.24. The first kappa shape index (κ1) is 22.4. The maximum atomic E-state index is 6.04. The van der Waals surface area contributed by atoms with Gasteiger partial charge in [0.25, 0.3) is 0 Å².